The molecule has 0 radical (unpaired) electrons. The lowest BCUT2D eigenvalue weighted by molar-refractivity contribution is -0.160. The Balaban J connectivity index is 1.83. The second-order valence-corrected chi connectivity index (χ2v) is 4.34. The van der Waals surface area contributed by atoms with Gasteiger partial charge in [-0.15, -0.1) is 0 Å². The quantitative estimate of drug-likeness (QED) is 0.613. The summed E-state index contributed by atoms with van der Waals surface area (Å²) in [6.45, 7) is 0. The summed E-state index contributed by atoms with van der Waals surface area (Å²) in [5.41, 5.74) is 7.17. The van der Waals surface area contributed by atoms with Crippen molar-refractivity contribution in [2.45, 2.75) is 18.9 Å². The van der Waals surface area contributed by atoms with E-state index in [1.165, 1.54) is 6.33 Å². The summed E-state index contributed by atoms with van der Waals surface area (Å²) in [6.07, 6.45) is 3.35. The van der Waals surface area contributed by atoms with Crippen molar-refractivity contribution in [2.75, 3.05) is 0 Å². The van der Waals surface area contributed by atoms with E-state index >= 15 is 0 Å². The lowest BCUT2D eigenvalue weighted by atomic mass is 10.1. The van der Waals surface area contributed by atoms with Crippen LogP contribution in [0.15, 0.2) is 42.9 Å². The summed E-state index contributed by atoms with van der Waals surface area (Å²) in [4.78, 5) is 29.9. The van der Waals surface area contributed by atoms with Crippen molar-refractivity contribution in [2.24, 2.45) is 5.73 Å². The summed E-state index contributed by atoms with van der Waals surface area (Å²) >= 11 is 0. The van der Waals surface area contributed by atoms with Crippen LogP contribution in [0.25, 0.3) is 0 Å². The number of nitrogens with zero attached hydrogens (tertiary/aromatic N) is 1. The standard InChI is InChI=1S/C14H15N3O3/c15-12(7-11-8-16-9-17-11)14(19)20-13(18)6-10-4-2-1-3-5-10/h1-5,8-9,12H,6-7,15H2,(H,16,17)/t12-/m0/s1. The summed E-state index contributed by atoms with van der Waals surface area (Å²) in [5.74, 6) is -1.35. The number of rotatable bonds is 5. The molecular formula is C14H15N3O3. The number of nitrogens with one attached hydrogen (secondary N) is 1. The highest BCUT2D eigenvalue weighted by atomic mass is 16.6. The van der Waals surface area contributed by atoms with Crippen LogP contribution < -0.4 is 5.73 Å². The first kappa shape index (κ1) is 14.0. The summed E-state index contributed by atoms with van der Waals surface area (Å²) < 4.78 is 4.73. The molecule has 0 aliphatic heterocycles. The van der Waals surface area contributed by atoms with E-state index in [1.54, 1.807) is 18.3 Å². The van der Waals surface area contributed by atoms with E-state index < -0.39 is 18.0 Å². The van der Waals surface area contributed by atoms with Crippen LogP contribution in [0, 0.1) is 0 Å². The molecule has 2 aromatic rings. The largest absolute Gasteiger partial charge is 0.392 e. The van der Waals surface area contributed by atoms with Crippen LogP contribution in [-0.2, 0) is 27.2 Å². The Morgan fingerprint density at radius 1 is 1.30 bits per heavy atom. The van der Waals surface area contributed by atoms with Gasteiger partial charge < -0.3 is 15.5 Å². The number of nitrogens with two attached hydrogens (primary N) is 1. The fraction of sp³-hybridized carbons (Fsp3) is 0.214. The van der Waals surface area contributed by atoms with Crippen molar-refractivity contribution in [1.82, 2.24) is 9.97 Å². The van der Waals surface area contributed by atoms with E-state index in [0.717, 1.165) is 5.56 Å². The maximum Gasteiger partial charge on any atom is 0.330 e. The van der Waals surface area contributed by atoms with Crippen LogP contribution in [0.1, 0.15) is 11.3 Å². The number of ether oxygens (including phenoxy) is 1. The molecule has 0 saturated carbocycles. The Morgan fingerprint density at radius 3 is 2.70 bits per heavy atom. The Bertz CT molecular complexity index is 567. The molecule has 0 aliphatic rings. The zero-order chi connectivity index (χ0) is 14.4. The number of hydrogen-bond acceptors (Lipinski definition) is 5. The Morgan fingerprint density at radius 2 is 2.05 bits per heavy atom. The molecule has 1 aromatic carbocycles. The minimum atomic E-state index is -0.893. The van der Waals surface area contributed by atoms with Crippen molar-refractivity contribution in [1.29, 1.82) is 0 Å². The van der Waals surface area contributed by atoms with E-state index in [1.807, 2.05) is 18.2 Å². The molecule has 3 N–H and O–H groups in total. The number of hydrogen-bond donors (Lipinski definition) is 2. The fourth-order valence-electron chi connectivity index (χ4n) is 1.70. The summed E-state index contributed by atoms with van der Waals surface area (Å²) in [6, 6.07) is 8.16. The molecule has 1 heterocycles. The molecule has 0 fully saturated rings. The number of aromatic nitrogens is 2. The smallest absolute Gasteiger partial charge is 0.330 e. The minimum Gasteiger partial charge on any atom is -0.392 e. The van der Waals surface area contributed by atoms with Gasteiger partial charge in [-0.3, -0.25) is 4.79 Å². The number of imidazole rings is 1. The van der Waals surface area contributed by atoms with E-state index in [0.29, 0.717) is 5.69 Å². The minimum absolute atomic E-state index is 0.0450. The van der Waals surface area contributed by atoms with Crippen molar-refractivity contribution < 1.29 is 14.3 Å². The predicted octanol–water partition coefficient (Wildman–Crippen LogP) is 0.592. The molecule has 20 heavy (non-hydrogen) atoms. The topological polar surface area (TPSA) is 98.1 Å². The van der Waals surface area contributed by atoms with Crippen molar-refractivity contribution in [3.8, 4) is 0 Å². The molecule has 104 valence electrons. The Kier molecular flexibility index (Phi) is 4.62. The number of carbonyl (C=O) groups excluding carboxylic acids is 2. The summed E-state index contributed by atoms with van der Waals surface area (Å²) in [7, 11) is 0. The Labute approximate surface area is 116 Å². The van der Waals surface area contributed by atoms with Gasteiger partial charge in [0.05, 0.1) is 12.7 Å². The van der Waals surface area contributed by atoms with Crippen molar-refractivity contribution in [3.63, 3.8) is 0 Å². The van der Waals surface area contributed by atoms with Gasteiger partial charge in [0.15, 0.2) is 0 Å². The second kappa shape index (κ2) is 6.63. The van der Waals surface area contributed by atoms with Crippen LogP contribution in [0.3, 0.4) is 0 Å². The fourth-order valence-corrected chi connectivity index (χ4v) is 1.70. The maximum atomic E-state index is 11.7. The molecule has 1 atom stereocenters. The zero-order valence-corrected chi connectivity index (χ0v) is 10.8. The van der Waals surface area contributed by atoms with Gasteiger partial charge in [-0.05, 0) is 5.56 Å². The van der Waals surface area contributed by atoms with Crippen LogP contribution >= 0.6 is 0 Å². The number of aromatic amines is 1. The SMILES string of the molecule is N[C@@H](Cc1cnc[nH]1)C(=O)OC(=O)Cc1ccccc1. The van der Waals surface area contributed by atoms with Crippen LogP contribution in [0.5, 0.6) is 0 Å². The van der Waals surface area contributed by atoms with Gasteiger partial charge in [0.1, 0.15) is 6.04 Å². The first-order valence-corrected chi connectivity index (χ1v) is 6.16. The van der Waals surface area contributed by atoms with Gasteiger partial charge in [-0.1, -0.05) is 30.3 Å². The molecule has 0 bridgehead atoms. The van der Waals surface area contributed by atoms with Crippen LogP contribution in [0.4, 0.5) is 0 Å². The molecule has 0 saturated heterocycles. The molecule has 0 amide bonds. The van der Waals surface area contributed by atoms with Gasteiger partial charge in [0.2, 0.25) is 0 Å². The third-order valence-corrected chi connectivity index (χ3v) is 2.70. The van der Waals surface area contributed by atoms with Gasteiger partial charge in [0, 0.05) is 18.3 Å². The van der Waals surface area contributed by atoms with Crippen LogP contribution in [0.2, 0.25) is 0 Å². The molecule has 6 heteroatoms. The third-order valence-electron chi connectivity index (χ3n) is 2.70. The third kappa shape index (κ3) is 4.03. The van der Waals surface area contributed by atoms with Gasteiger partial charge >= 0.3 is 11.9 Å². The highest BCUT2D eigenvalue weighted by Crippen LogP contribution is 2.03. The number of esters is 2. The highest BCUT2D eigenvalue weighted by molar-refractivity contribution is 5.89. The Hall–Kier alpha value is -2.47. The lowest BCUT2D eigenvalue weighted by Crippen LogP contribution is -2.36. The van der Waals surface area contributed by atoms with Gasteiger partial charge in [0.25, 0.3) is 0 Å². The van der Waals surface area contributed by atoms with Gasteiger partial charge in [-0.25, -0.2) is 9.78 Å². The first-order valence-electron chi connectivity index (χ1n) is 6.16. The monoisotopic (exact) mass is 273 g/mol. The zero-order valence-electron chi connectivity index (χ0n) is 10.8. The molecule has 2 rings (SSSR count). The predicted molar refractivity (Wildman–Crippen MR) is 71.5 cm³/mol. The molecule has 6 nitrogen and oxygen atoms in total. The molecular weight excluding hydrogens is 258 g/mol. The van der Waals surface area contributed by atoms with E-state index in [4.69, 9.17) is 10.5 Å². The average Bonchev–Trinajstić information content (AvgIpc) is 2.92. The number of H-pyrrole nitrogens is 1. The lowest BCUT2D eigenvalue weighted by Gasteiger charge is -2.09. The average molecular weight is 273 g/mol. The van der Waals surface area contributed by atoms with E-state index in [2.05, 4.69) is 9.97 Å². The maximum absolute atomic E-state index is 11.7. The number of benzene rings is 1. The van der Waals surface area contributed by atoms with Crippen LogP contribution in [-0.4, -0.2) is 27.9 Å². The summed E-state index contributed by atoms with van der Waals surface area (Å²) in [5, 5.41) is 0. The molecule has 1 aromatic heterocycles. The molecule has 0 spiro atoms. The van der Waals surface area contributed by atoms with Crippen molar-refractivity contribution in [3.05, 3.63) is 54.1 Å². The van der Waals surface area contributed by atoms with E-state index in [-0.39, 0.29) is 12.8 Å². The normalized spacial score (nSPS) is 11.8. The molecule has 0 unspecified atom stereocenters. The molecule has 0 aliphatic carbocycles. The number of carbonyl (C=O) groups is 2. The highest BCUT2D eigenvalue weighted by Gasteiger charge is 2.19. The first-order chi connectivity index (χ1) is 9.65. The second-order valence-electron chi connectivity index (χ2n) is 4.34. The van der Waals surface area contributed by atoms with Gasteiger partial charge in [-0.2, -0.15) is 0 Å². The van der Waals surface area contributed by atoms with E-state index in [9.17, 15) is 9.59 Å². The van der Waals surface area contributed by atoms with Crippen molar-refractivity contribution >= 4 is 11.9 Å².